The van der Waals surface area contributed by atoms with Gasteiger partial charge >= 0.3 is 0 Å². The van der Waals surface area contributed by atoms with E-state index in [1.807, 2.05) is 6.92 Å². The summed E-state index contributed by atoms with van der Waals surface area (Å²) in [7, 11) is 3.31. The van der Waals surface area contributed by atoms with Crippen molar-refractivity contribution in [3.63, 3.8) is 0 Å². The monoisotopic (exact) mass is 272 g/mol. The number of nitrogens with zero attached hydrogens (tertiary/aromatic N) is 1. The summed E-state index contributed by atoms with van der Waals surface area (Å²) in [6.45, 7) is 6.00. The van der Waals surface area contributed by atoms with Crippen molar-refractivity contribution in [1.29, 1.82) is 0 Å². The van der Waals surface area contributed by atoms with E-state index in [1.165, 1.54) is 0 Å². The van der Waals surface area contributed by atoms with Crippen LogP contribution in [0.4, 0.5) is 0 Å². The van der Waals surface area contributed by atoms with Crippen LogP contribution in [-0.2, 0) is 14.3 Å². The Bertz CT molecular complexity index is 284. The van der Waals surface area contributed by atoms with Crippen molar-refractivity contribution in [2.75, 3.05) is 14.2 Å². The number of likely N-dealkylation sites (N-methyl/N-ethyl adjacent to an activating group) is 1. The molecule has 19 heavy (non-hydrogen) atoms. The Labute approximate surface area is 116 Å². The summed E-state index contributed by atoms with van der Waals surface area (Å²) < 4.78 is 5.39. The molecule has 0 aromatic heterocycles. The molecular formula is C14H28N2O3. The number of hydrogen-bond donors (Lipinski definition) is 1. The minimum absolute atomic E-state index is 0.0965. The maximum atomic E-state index is 12.2. The van der Waals surface area contributed by atoms with E-state index < -0.39 is 6.04 Å². The molecule has 0 saturated heterocycles. The highest BCUT2D eigenvalue weighted by atomic mass is 16.5. The summed E-state index contributed by atoms with van der Waals surface area (Å²) in [6.07, 6.45) is 2.33. The van der Waals surface area contributed by atoms with E-state index in [2.05, 4.69) is 13.8 Å². The van der Waals surface area contributed by atoms with Crippen molar-refractivity contribution < 1.29 is 14.3 Å². The van der Waals surface area contributed by atoms with Crippen LogP contribution in [0.25, 0.3) is 0 Å². The maximum absolute atomic E-state index is 12.2. The molecule has 0 aromatic rings. The zero-order valence-corrected chi connectivity index (χ0v) is 12.8. The van der Waals surface area contributed by atoms with Crippen LogP contribution in [0, 0.1) is 5.92 Å². The highest BCUT2D eigenvalue weighted by Gasteiger charge is 2.33. The number of nitrogens with two attached hydrogens (primary N) is 1. The molecule has 1 amide bonds. The Morgan fingerprint density at radius 2 is 1.95 bits per heavy atom. The van der Waals surface area contributed by atoms with Gasteiger partial charge in [0.15, 0.2) is 0 Å². The maximum Gasteiger partial charge on any atom is 0.239 e. The third kappa shape index (κ3) is 4.91. The van der Waals surface area contributed by atoms with E-state index in [0.717, 1.165) is 12.7 Å². The van der Waals surface area contributed by atoms with Gasteiger partial charge in [0.1, 0.15) is 6.29 Å². The summed E-state index contributed by atoms with van der Waals surface area (Å²) in [4.78, 5) is 24.6. The first-order valence-corrected chi connectivity index (χ1v) is 6.93. The third-order valence-corrected chi connectivity index (χ3v) is 3.79. The molecule has 0 aliphatic heterocycles. The Morgan fingerprint density at radius 3 is 2.32 bits per heavy atom. The van der Waals surface area contributed by atoms with Crippen molar-refractivity contribution in [1.82, 2.24) is 4.90 Å². The van der Waals surface area contributed by atoms with Gasteiger partial charge in [-0.25, -0.2) is 0 Å². The Kier molecular flexibility index (Phi) is 8.59. The van der Waals surface area contributed by atoms with Crippen molar-refractivity contribution in [3.8, 4) is 0 Å². The molecule has 0 rings (SSSR count). The first-order valence-electron chi connectivity index (χ1n) is 6.93. The fourth-order valence-electron chi connectivity index (χ4n) is 2.29. The summed E-state index contributed by atoms with van der Waals surface area (Å²) in [5.74, 6) is 0.142. The van der Waals surface area contributed by atoms with E-state index in [9.17, 15) is 9.59 Å². The van der Waals surface area contributed by atoms with Crippen LogP contribution in [0.3, 0.4) is 0 Å². The minimum Gasteiger partial charge on any atom is -0.379 e. The number of hydrogen-bond acceptors (Lipinski definition) is 4. The van der Waals surface area contributed by atoms with Gasteiger partial charge in [0.2, 0.25) is 5.91 Å². The molecule has 0 aromatic carbocycles. The van der Waals surface area contributed by atoms with Crippen LogP contribution < -0.4 is 5.73 Å². The topological polar surface area (TPSA) is 72.6 Å². The lowest BCUT2D eigenvalue weighted by Crippen LogP contribution is -2.53. The highest BCUT2D eigenvalue weighted by Crippen LogP contribution is 2.21. The van der Waals surface area contributed by atoms with Gasteiger partial charge < -0.3 is 20.2 Å². The number of carbonyl (C=O) groups excluding carboxylic acids is 2. The van der Waals surface area contributed by atoms with Crippen LogP contribution in [0.1, 0.15) is 40.0 Å². The molecule has 0 spiro atoms. The second-order valence-electron chi connectivity index (χ2n) is 5.02. The second-order valence-corrected chi connectivity index (χ2v) is 5.02. The Balaban J connectivity index is 5.11. The quantitative estimate of drug-likeness (QED) is 0.640. The molecule has 0 radical (unpaired) electrons. The van der Waals surface area contributed by atoms with Crippen LogP contribution in [0.15, 0.2) is 0 Å². The number of rotatable bonds is 9. The predicted molar refractivity (Wildman–Crippen MR) is 75.8 cm³/mol. The second kappa shape index (κ2) is 9.04. The van der Waals surface area contributed by atoms with Gasteiger partial charge in [-0.1, -0.05) is 27.2 Å². The molecular weight excluding hydrogens is 244 g/mol. The summed E-state index contributed by atoms with van der Waals surface area (Å²) in [6, 6.07) is -0.629. The van der Waals surface area contributed by atoms with Crippen LogP contribution in [-0.4, -0.2) is 49.4 Å². The molecule has 5 heteroatoms. The van der Waals surface area contributed by atoms with E-state index in [4.69, 9.17) is 10.5 Å². The van der Waals surface area contributed by atoms with E-state index in [1.54, 1.807) is 19.1 Å². The molecule has 112 valence electrons. The fraction of sp³-hybridized carbons (Fsp3) is 0.857. The lowest BCUT2D eigenvalue weighted by atomic mass is 9.91. The van der Waals surface area contributed by atoms with Gasteiger partial charge in [0.25, 0.3) is 0 Å². The first kappa shape index (κ1) is 18.1. The number of amides is 1. The third-order valence-electron chi connectivity index (χ3n) is 3.79. The zero-order chi connectivity index (χ0) is 15.0. The average Bonchev–Trinajstić information content (AvgIpc) is 2.44. The number of carbonyl (C=O) groups is 2. The molecule has 0 saturated carbocycles. The van der Waals surface area contributed by atoms with E-state index in [-0.39, 0.29) is 30.4 Å². The largest absolute Gasteiger partial charge is 0.379 e. The smallest absolute Gasteiger partial charge is 0.239 e. The lowest BCUT2D eigenvalue weighted by Gasteiger charge is -2.38. The van der Waals surface area contributed by atoms with Crippen LogP contribution in [0.2, 0.25) is 0 Å². The summed E-state index contributed by atoms with van der Waals surface area (Å²) in [5.41, 5.74) is 5.81. The van der Waals surface area contributed by atoms with E-state index >= 15 is 0 Å². The minimum atomic E-state index is -0.495. The Morgan fingerprint density at radius 1 is 1.37 bits per heavy atom. The van der Waals surface area contributed by atoms with Gasteiger partial charge in [0, 0.05) is 20.6 Å². The SMILES string of the molecule is CC[C@H](N)C(=O)N(C)[C@@H]([C@@H](C)CC)[C@@H](CC=O)OC. The van der Waals surface area contributed by atoms with Gasteiger partial charge in [-0.15, -0.1) is 0 Å². The van der Waals surface area contributed by atoms with Gasteiger partial charge in [0.05, 0.1) is 18.2 Å². The fourth-order valence-corrected chi connectivity index (χ4v) is 2.29. The molecule has 0 aliphatic rings. The van der Waals surface area contributed by atoms with Gasteiger partial charge in [-0.3, -0.25) is 4.79 Å². The van der Waals surface area contributed by atoms with Gasteiger partial charge in [-0.05, 0) is 12.3 Å². The number of methoxy groups -OCH3 is 1. The Hall–Kier alpha value is -0.940. The molecule has 0 heterocycles. The van der Waals surface area contributed by atoms with Crippen molar-refractivity contribution >= 4 is 12.2 Å². The lowest BCUT2D eigenvalue weighted by molar-refractivity contribution is -0.139. The molecule has 2 N–H and O–H groups in total. The normalized spacial score (nSPS) is 17.4. The standard InChI is InChI=1S/C14H28N2O3/c1-6-10(3)13(12(19-5)8-9-17)16(4)14(18)11(15)7-2/h9-13H,6-8,15H2,1-5H3/t10-,11-,12+,13-/m0/s1. The molecule has 0 fully saturated rings. The summed E-state index contributed by atoms with van der Waals surface area (Å²) in [5, 5.41) is 0. The number of aldehydes is 1. The predicted octanol–water partition coefficient (Wildman–Crippen LogP) is 1.20. The van der Waals surface area contributed by atoms with Crippen LogP contribution >= 0.6 is 0 Å². The molecule has 0 unspecified atom stereocenters. The van der Waals surface area contributed by atoms with E-state index in [0.29, 0.717) is 6.42 Å². The number of ether oxygens (including phenoxy) is 1. The molecule has 4 atom stereocenters. The van der Waals surface area contributed by atoms with Gasteiger partial charge in [-0.2, -0.15) is 0 Å². The summed E-state index contributed by atoms with van der Waals surface area (Å²) >= 11 is 0. The molecule has 0 aliphatic carbocycles. The molecule has 0 bridgehead atoms. The first-order chi connectivity index (χ1) is 8.94. The average molecular weight is 272 g/mol. The zero-order valence-electron chi connectivity index (χ0n) is 12.8. The highest BCUT2D eigenvalue weighted by molar-refractivity contribution is 5.81. The van der Waals surface area contributed by atoms with Crippen molar-refractivity contribution in [2.45, 2.75) is 58.2 Å². The van der Waals surface area contributed by atoms with Crippen molar-refractivity contribution in [2.24, 2.45) is 11.7 Å². The van der Waals surface area contributed by atoms with Crippen LogP contribution in [0.5, 0.6) is 0 Å². The molecule has 5 nitrogen and oxygen atoms in total. The van der Waals surface area contributed by atoms with Crippen molar-refractivity contribution in [3.05, 3.63) is 0 Å².